The topological polar surface area (TPSA) is 50.3 Å². The lowest BCUT2D eigenvalue weighted by molar-refractivity contribution is 0.395. The van der Waals surface area contributed by atoms with Gasteiger partial charge in [0.2, 0.25) is 10.0 Å². The van der Waals surface area contributed by atoms with Crippen LogP contribution in [0.3, 0.4) is 0 Å². The number of nitrogens with zero attached hydrogens (tertiary/aromatic N) is 2. The molecule has 1 aliphatic rings. The third-order valence-electron chi connectivity index (χ3n) is 3.06. The van der Waals surface area contributed by atoms with E-state index in [1.165, 1.54) is 12.3 Å². The molecule has 0 unspecified atom stereocenters. The molecule has 7 heteroatoms. The minimum absolute atomic E-state index is 0.116. The maximum atomic E-state index is 12.6. The number of hydrogen-bond donors (Lipinski definition) is 0. The summed E-state index contributed by atoms with van der Waals surface area (Å²) in [5, 5.41) is 0.279. The second-order valence-electron chi connectivity index (χ2n) is 4.64. The highest BCUT2D eigenvalue weighted by Crippen LogP contribution is 2.33. The Hall–Kier alpha value is -0.360. The van der Waals surface area contributed by atoms with Gasteiger partial charge in [0.05, 0.1) is 5.02 Å². The van der Waals surface area contributed by atoms with E-state index in [9.17, 15) is 8.42 Å². The van der Waals surface area contributed by atoms with E-state index in [0.29, 0.717) is 6.54 Å². The molecule has 0 N–H and O–H groups in total. The molecule has 1 fully saturated rings. The second-order valence-corrected chi connectivity index (χ2v) is 7.30. The Balaban J connectivity index is 2.30. The van der Waals surface area contributed by atoms with Crippen LogP contribution >= 0.6 is 23.2 Å². The van der Waals surface area contributed by atoms with Crippen LogP contribution in [0.25, 0.3) is 0 Å². The largest absolute Gasteiger partial charge is 0.244 e. The average molecular weight is 323 g/mol. The second kappa shape index (κ2) is 5.95. The van der Waals surface area contributed by atoms with E-state index in [4.69, 9.17) is 23.2 Å². The van der Waals surface area contributed by atoms with Gasteiger partial charge in [-0.15, -0.1) is 0 Å². The Morgan fingerprint density at radius 2 is 2.11 bits per heavy atom. The van der Waals surface area contributed by atoms with Crippen molar-refractivity contribution in [3.63, 3.8) is 0 Å². The van der Waals surface area contributed by atoms with Gasteiger partial charge < -0.3 is 0 Å². The number of pyridine rings is 1. The Kier molecular flexibility index (Phi) is 4.71. The van der Waals surface area contributed by atoms with Crippen molar-refractivity contribution in [2.45, 2.75) is 43.5 Å². The minimum atomic E-state index is -3.52. The molecule has 1 heterocycles. The van der Waals surface area contributed by atoms with Gasteiger partial charge in [0, 0.05) is 18.8 Å². The van der Waals surface area contributed by atoms with Gasteiger partial charge in [-0.05, 0) is 25.3 Å². The fourth-order valence-corrected chi connectivity index (χ4v) is 3.89. The van der Waals surface area contributed by atoms with Gasteiger partial charge in [-0.1, -0.05) is 36.5 Å². The molecule has 106 valence electrons. The van der Waals surface area contributed by atoms with E-state index < -0.39 is 10.0 Å². The fourth-order valence-electron chi connectivity index (χ4n) is 1.86. The lowest BCUT2D eigenvalue weighted by Crippen LogP contribution is -2.34. The van der Waals surface area contributed by atoms with Crippen LogP contribution in [0.1, 0.15) is 32.6 Å². The van der Waals surface area contributed by atoms with Crippen LogP contribution in [-0.2, 0) is 10.0 Å². The third-order valence-corrected chi connectivity index (χ3v) is 5.67. The molecule has 0 radical (unpaired) electrons. The maximum Gasteiger partial charge on any atom is 0.244 e. The predicted molar refractivity (Wildman–Crippen MR) is 76.1 cm³/mol. The van der Waals surface area contributed by atoms with E-state index in [1.807, 2.05) is 6.92 Å². The lowest BCUT2D eigenvalue weighted by Gasteiger charge is -2.21. The smallest absolute Gasteiger partial charge is 0.242 e. The van der Waals surface area contributed by atoms with Crippen LogP contribution in [0.5, 0.6) is 0 Å². The molecule has 0 amide bonds. The van der Waals surface area contributed by atoms with Crippen molar-refractivity contribution in [3.8, 4) is 0 Å². The van der Waals surface area contributed by atoms with Gasteiger partial charge in [-0.25, -0.2) is 13.4 Å². The number of unbranched alkanes of at least 4 members (excludes halogenated alkanes) is 1. The quantitative estimate of drug-likeness (QED) is 0.755. The van der Waals surface area contributed by atoms with Crippen molar-refractivity contribution in [3.05, 3.63) is 22.4 Å². The van der Waals surface area contributed by atoms with E-state index in [2.05, 4.69) is 4.98 Å². The van der Waals surface area contributed by atoms with Crippen LogP contribution in [0.4, 0.5) is 0 Å². The summed E-state index contributed by atoms with van der Waals surface area (Å²) in [6, 6.07) is 1.50. The third kappa shape index (κ3) is 3.40. The summed E-state index contributed by atoms with van der Waals surface area (Å²) in [5.41, 5.74) is 0. The maximum absolute atomic E-state index is 12.6. The summed E-state index contributed by atoms with van der Waals surface area (Å²) in [5.74, 6) is 0. The summed E-state index contributed by atoms with van der Waals surface area (Å²) in [4.78, 5) is 3.93. The van der Waals surface area contributed by atoms with Gasteiger partial charge in [-0.3, -0.25) is 0 Å². The molecule has 0 spiro atoms. The Morgan fingerprint density at radius 1 is 1.42 bits per heavy atom. The first-order valence-corrected chi connectivity index (χ1v) is 8.49. The normalized spacial score (nSPS) is 16.0. The predicted octanol–water partition coefficient (Wildman–Crippen LogP) is 3.34. The minimum Gasteiger partial charge on any atom is -0.242 e. The number of rotatable bonds is 6. The highest BCUT2D eigenvalue weighted by atomic mass is 35.5. The molecule has 0 saturated heterocycles. The molecular weight excluding hydrogens is 307 g/mol. The average Bonchev–Trinajstić information content (AvgIpc) is 3.17. The fraction of sp³-hybridized carbons (Fsp3) is 0.583. The van der Waals surface area contributed by atoms with E-state index in [1.54, 1.807) is 4.31 Å². The molecule has 0 aromatic carbocycles. The molecule has 0 bridgehead atoms. The van der Waals surface area contributed by atoms with Gasteiger partial charge >= 0.3 is 0 Å². The monoisotopic (exact) mass is 322 g/mol. The zero-order valence-corrected chi connectivity index (χ0v) is 13.0. The molecule has 4 nitrogen and oxygen atoms in total. The Bertz CT molecular complexity index is 559. The van der Waals surface area contributed by atoms with Gasteiger partial charge in [-0.2, -0.15) is 4.31 Å². The van der Waals surface area contributed by atoms with Crippen molar-refractivity contribution in [1.82, 2.24) is 9.29 Å². The number of sulfonamides is 1. The van der Waals surface area contributed by atoms with Gasteiger partial charge in [0.15, 0.2) is 0 Å². The molecular formula is C12H16Cl2N2O2S. The van der Waals surface area contributed by atoms with E-state index in [0.717, 1.165) is 25.7 Å². The Labute approximate surface area is 123 Å². The van der Waals surface area contributed by atoms with Gasteiger partial charge in [0.25, 0.3) is 0 Å². The van der Waals surface area contributed by atoms with Crippen LogP contribution in [0.2, 0.25) is 10.2 Å². The summed E-state index contributed by atoms with van der Waals surface area (Å²) in [7, 11) is -3.52. The highest BCUT2D eigenvalue weighted by Gasteiger charge is 2.37. The number of aromatic nitrogens is 1. The summed E-state index contributed by atoms with van der Waals surface area (Å²) < 4.78 is 26.7. The van der Waals surface area contributed by atoms with Crippen LogP contribution in [-0.4, -0.2) is 30.3 Å². The van der Waals surface area contributed by atoms with E-state index >= 15 is 0 Å². The first kappa shape index (κ1) is 15.0. The summed E-state index contributed by atoms with van der Waals surface area (Å²) in [6.07, 6.45) is 4.93. The van der Waals surface area contributed by atoms with Crippen LogP contribution in [0.15, 0.2) is 17.2 Å². The SMILES string of the molecule is CCCCN(C1CC1)S(=O)(=O)c1cnc(Cl)c(Cl)c1. The first-order valence-electron chi connectivity index (χ1n) is 6.29. The molecule has 1 aliphatic carbocycles. The first-order chi connectivity index (χ1) is 8.96. The molecule has 0 aliphatic heterocycles. The van der Waals surface area contributed by atoms with Crippen molar-refractivity contribution < 1.29 is 8.42 Å². The van der Waals surface area contributed by atoms with Gasteiger partial charge in [0.1, 0.15) is 10.0 Å². The molecule has 1 aromatic heterocycles. The molecule has 0 atom stereocenters. The molecule has 2 rings (SSSR count). The number of hydrogen-bond acceptors (Lipinski definition) is 3. The van der Waals surface area contributed by atoms with Crippen molar-refractivity contribution >= 4 is 33.2 Å². The standard InChI is InChI=1S/C12H16Cl2N2O2S/c1-2-3-6-16(9-4-5-9)19(17,18)10-7-11(13)12(14)15-8-10/h7-9H,2-6H2,1H3. The molecule has 1 aromatic rings. The summed E-state index contributed by atoms with van der Waals surface area (Å²) >= 11 is 11.6. The lowest BCUT2D eigenvalue weighted by atomic mass is 10.3. The number of halogens is 2. The Morgan fingerprint density at radius 3 is 2.63 bits per heavy atom. The zero-order valence-electron chi connectivity index (χ0n) is 10.6. The van der Waals surface area contributed by atoms with Crippen molar-refractivity contribution in [2.75, 3.05) is 6.54 Å². The molecule has 1 saturated carbocycles. The van der Waals surface area contributed by atoms with Crippen molar-refractivity contribution in [1.29, 1.82) is 0 Å². The molecule has 19 heavy (non-hydrogen) atoms. The van der Waals surface area contributed by atoms with E-state index in [-0.39, 0.29) is 21.1 Å². The summed E-state index contributed by atoms with van der Waals surface area (Å²) in [6.45, 7) is 2.59. The van der Waals surface area contributed by atoms with Crippen LogP contribution < -0.4 is 0 Å². The van der Waals surface area contributed by atoms with Crippen molar-refractivity contribution in [2.24, 2.45) is 0 Å². The highest BCUT2D eigenvalue weighted by molar-refractivity contribution is 7.89. The van der Waals surface area contributed by atoms with Crippen LogP contribution in [0, 0.1) is 0 Å². The zero-order chi connectivity index (χ0) is 14.0.